The molecule has 1 N–H and O–H groups in total. The van der Waals surface area contributed by atoms with Gasteiger partial charge in [-0.1, -0.05) is 25.1 Å². The van der Waals surface area contributed by atoms with Crippen LogP contribution in [-0.4, -0.2) is 60.0 Å². The average molecular weight is 327 g/mol. The fraction of sp³-hybridized carbons (Fsp3) is 0.421. The van der Waals surface area contributed by atoms with Gasteiger partial charge >= 0.3 is 0 Å². The number of amides is 1. The highest BCUT2D eigenvalue weighted by molar-refractivity contribution is 5.92. The minimum Gasteiger partial charge on any atom is -0.492 e. The van der Waals surface area contributed by atoms with Crippen molar-refractivity contribution in [2.24, 2.45) is 0 Å². The summed E-state index contributed by atoms with van der Waals surface area (Å²) in [6, 6.07) is 13.8. The smallest absolute Gasteiger partial charge is 0.270 e. The molecule has 1 saturated heterocycles. The lowest BCUT2D eigenvalue weighted by Gasteiger charge is -2.34. The second-order valence-corrected chi connectivity index (χ2v) is 6.05. The van der Waals surface area contributed by atoms with Crippen LogP contribution >= 0.6 is 0 Å². The van der Waals surface area contributed by atoms with Crippen LogP contribution in [0, 0.1) is 0 Å². The molecular weight excluding hydrogens is 302 g/mol. The molecule has 0 unspecified atom stereocenters. The Kier molecular flexibility index (Phi) is 5.54. The molecule has 0 saturated carbocycles. The number of piperazine rings is 1. The third-order valence-corrected chi connectivity index (χ3v) is 4.44. The number of aromatic nitrogens is 1. The molecule has 2 heterocycles. The van der Waals surface area contributed by atoms with E-state index in [0.717, 1.165) is 50.6 Å². The second-order valence-electron chi connectivity index (χ2n) is 6.05. The number of ether oxygens (including phenoxy) is 1. The molecule has 0 spiro atoms. The van der Waals surface area contributed by atoms with Crippen molar-refractivity contribution in [1.82, 2.24) is 14.8 Å². The van der Waals surface area contributed by atoms with Crippen LogP contribution in [0.15, 0.2) is 42.5 Å². The van der Waals surface area contributed by atoms with Crippen LogP contribution in [0.5, 0.6) is 5.75 Å². The number of aromatic amines is 1. The standard InChI is InChI=1S/C19H25N3O2/c1-2-16-8-9-18(20-16)19(23)22-12-10-21(11-13-22)14-15-24-17-6-4-3-5-7-17/h3-9,20H,2,10-15H2,1H3. The van der Waals surface area contributed by atoms with Gasteiger partial charge in [-0.2, -0.15) is 0 Å². The Morgan fingerprint density at radius 2 is 1.83 bits per heavy atom. The lowest BCUT2D eigenvalue weighted by Crippen LogP contribution is -2.49. The normalized spacial score (nSPS) is 15.5. The Labute approximate surface area is 143 Å². The molecule has 0 radical (unpaired) electrons. The van der Waals surface area contributed by atoms with Gasteiger partial charge in [0.2, 0.25) is 0 Å². The Balaban J connectivity index is 1.41. The maximum Gasteiger partial charge on any atom is 0.270 e. The summed E-state index contributed by atoms with van der Waals surface area (Å²) in [4.78, 5) is 20.0. The molecule has 1 aromatic heterocycles. The fourth-order valence-corrected chi connectivity index (χ4v) is 2.93. The summed E-state index contributed by atoms with van der Waals surface area (Å²) >= 11 is 0. The van der Waals surface area contributed by atoms with Crippen LogP contribution in [0.4, 0.5) is 0 Å². The number of hydrogen-bond acceptors (Lipinski definition) is 3. The molecule has 0 aliphatic carbocycles. The minimum absolute atomic E-state index is 0.106. The molecule has 2 aromatic rings. The van der Waals surface area contributed by atoms with E-state index in [9.17, 15) is 4.79 Å². The van der Waals surface area contributed by atoms with Gasteiger partial charge < -0.3 is 14.6 Å². The molecule has 0 atom stereocenters. The lowest BCUT2D eigenvalue weighted by molar-refractivity contribution is 0.0615. The van der Waals surface area contributed by atoms with Crippen molar-refractivity contribution in [3.05, 3.63) is 53.9 Å². The van der Waals surface area contributed by atoms with Crippen LogP contribution < -0.4 is 4.74 Å². The van der Waals surface area contributed by atoms with Crippen LogP contribution in [-0.2, 0) is 6.42 Å². The number of hydrogen-bond donors (Lipinski definition) is 1. The number of nitrogens with one attached hydrogen (secondary N) is 1. The summed E-state index contributed by atoms with van der Waals surface area (Å²) in [5, 5.41) is 0. The summed E-state index contributed by atoms with van der Waals surface area (Å²) in [7, 11) is 0. The fourth-order valence-electron chi connectivity index (χ4n) is 2.93. The molecule has 1 aliphatic rings. The van der Waals surface area contributed by atoms with Gasteiger partial charge in [0.15, 0.2) is 0 Å². The van der Waals surface area contributed by atoms with Crippen LogP contribution in [0.2, 0.25) is 0 Å². The molecular formula is C19H25N3O2. The van der Waals surface area contributed by atoms with Gasteiger partial charge in [-0.3, -0.25) is 9.69 Å². The molecule has 1 aliphatic heterocycles. The summed E-state index contributed by atoms with van der Waals surface area (Å²) in [5.41, 5.74) is 1.81. The Bertz CT molecular complexity index is 646. The third-order valence-electron chi connectivity index (χ3n) is 4.44. The van der Waals surface area contributed by atoms with Gasteiger partial charge in [-0.05, 0) is 30.7 Å². The molecule has 1 fully saturated rings. The van der Waals surface area contributed by atoms with E-state index in [1.807, 2.05) is 47.4 Å². The maximum absolute atomic E-state index is 12.5. The summed E-state index contributed by atoms with van der Waals surface area (Å²) in [6.45, 7) is 6.97. The summed E-state index contributed by atoms with van der Waals surface area (Å²) in [5.74, 6) is 1.01. The van der Waals surface area contributed by atoms with Crippen molar-refractivity contribution in [1.29, 1.82) is 0 Å². The predicted molar refractivity (Wildman–Crippen MR) is 94.5 cm³/mol. The minimum atomic E-state index is 0.106. The number of nitrogens with zero attached hydrogens (tertiary/aromatic N) is 2. The topological polar surface area (TPSA) is 48.6 Å². The molecule has 1 amide bonds. The molecule has 5 heteroatoms. The first-order valence-corrected chi connectivity index (χ1v) is 8.63. The van der Waals surface area contributed by atoms with Crippen molar-refractivity contribution in [3.8, 4) is 5.75 Å². The quantitative estimate of drug-likeness (QED) is 0.886. The van der Waals surface area contributed by atoms with Crippen molar-refractivity contribution in [3.63, 3.8) is 0 Å². The summed E-state index contributed by atoms with van der Waals surface area (Å²) < 4.78 is 5.74. The van der Waals surface area contributed by atoms with E-state index in [-0.39, 0.29) is 5.91 Å². The van der Waals surface area contributed by atoms with Gasteiger partial charge in [0.1, 0.15) is 18.1 Å². The molecule has 1 aromatic carbocycles. The maximum atomic E-state index is 12.5. The van der Waals surface area contributed by atoms with Crippen molar-refractivity contribution < 1.29 is 9.53 Å². The first-order chi connectivity index (χ1) is 11.8. The molecule has 3 rings (SSSR count). The van der Waals surface area contributed by atoms with E-state index in [4.69, 9.17) is 4.74 Å². The number of carbonyl (C=O) groups excluding carboxylic acids is 1. The van der Waals surface area contributed by atoms with Gasteiger partial charge in [0.25, 0.3) is 5.91 Å². The number of benzene rings is 1. The Hall–Kier alpha value is -2.27. The van der Waals surface area contributed by atoms with Crippen molar-refractivity contribution in [2.45, 2.75) is 13.3 Å². The zero-order valence-corrected chi connectivity index (χ0v) is 14.2. The van der Waals surface area contributed by atoms with Crippen LogP contribution in [0.25, 0.3) is 0 Å². The lowest BCUT2D eigenvalue weighted by atomic mass is 10.3. The number of rotatable bonds is 6. The van der Waals surface area contributed by atoms with Gasteiger partial charge in [-0.25, -0.2) is 0 Å². The van der Waals surface area contributed by atoms with E-state index < -0.39 is 0 Å². The van der Waals surface area contributed by atoms with E-state index in [0.29, 0.717) is 12.3 Å². The van der Waals surface area contributed by atoms with Crippen LogP contribution in [0.3, 0.4) is 0 Å². The number of H-pyrrole nitrogens is 1. The number of carbonyl (C=O) groups is 1. The van der Waals surface area contributed by atoms with Crippen molar-refractivity contribution >= 4 is 5.91 Å². The van der Waals surface area contributed by atoms with E-state index >= 15 is 0 Å². The second kappa shape index (κ2) is 8.02. The first kappa shape index (κ1) is 16.6. The molecule has 0 bridgehead atoms. The van der Waals surface area contributed by atoms with Gasteiger partial charge in [0.05, 0.1) is 0 Å². The van der Waals surface area contributed by atoms with Gasteiger partial charge in [0, 0.05) is 38.4 Å². The highest BCUT2D eigenvalue weighted by Gasteiger charge is 2.22. The third kappa shape index (κ3) is 4.17. The number of aryl methyl sites for hydroxylation is 1. The number of para-hydroxylation sites is 1. The van der Waals surface area contributed by atoms with Gasteiger partial charge in [-0.15, -0.1) is 0 Å². The summed E-state index contributed by atoms with van der Waals surface area (Å²) in [6.07, 6.45) is 0.919. The highest BCUT2D eigenvalue weighted by Crippen LogP contribution is 2.11. The predicted octanol–water partition coefficient (Wildman–Crippen LogP) is 2.41. The van der Waals surface area contributed by atoms with E-state index in [1.165, 1.54) is 0 Å². The van der Waals surface area contributed by atoms with E-state index in [2.05, 4.69) is 16.8 Å². The monoisotopic (exact) mass is 327 g/mol. The molecule has 24 heavy (non-hydrogen) atoms. The zero-order valence-electron chi connectivity index (χ0n) is 14.2. The zero-order chi connectivity index (χ0) is 16.8. The van der Waals surface area contributed by atoms with Crippen molar-refractivity contribution in [2.75, 3.05) is 39.3 Å². The molecule has 5 nitrogen and oxygen atoms in total. The first-order valence-electron chi connectivity index (χ1n) is 8.63. The average Bonchev–Trinajstić information content (AvgIpc) is 3.12. The Morgan fingerprint density at radius 1 is 1.08 bits per heavy atom. The van der Waals surface area contributed by atoms with E-state index in [1.54, 1.807) is 0 Å². The Morgan fingerprint density at radius 3 is 2.50 bits per heavy atom. The van der Waals surface area contributed by atoms with Crippen LogP contribution in [0.1, 0.15) is 23.1 Å². The highest BCUT2D eigenvalue weighted by atomic mass is 16.5. The SMILES string of the molecule is CCc1ccc(C(=O)N2CCN(CCOc3ccccc3)CC2)[nH]1. The molecule has 128 valence electrons. The largest absolute Gasteiger partial charge is 0.492 e.